The molecular formula is C17H25N3. The van der Waals surface area contributed by atoms with Gasteiger partial charge >= 0.3 is 0 Å². The number of imidazole rings is 1. The Morgan fingerprint density at radius 3 is 2.25 bits per heavy atom. The molecule has 0 unspecified atom stereocenters. The van der Waals surface area contributed by atoms with Crippen LogP contribution in [0.5, 0.6) is 0 Å². The zero-order chi connectivity index (χ0) is 14.9. The third kappa shape index (κ3) is 2.72. The van der Waals surface area contributed by atoms with Crippen LogP contribution in [-0.2, 0) is 6.54 Å². The van der Waals surface area contributed by atoms with Gasteiger partial charge in [0, 0.05) is 18.0 Å². The Hall–Kier alpha value is -1.77. The molecule has 3 heteroatoms. The van der Waals surface area contributed by atoms with Crippen LogP contribution in [0, 0.1) is 13.8 Å². The second kappa shape index (κ2) is 5.70. The van der Waals surface area contributed by atoms with Gasteiger partial charge in [-0.05, 0) is 32.4 Å². The fourth-order valence-electron chi connectivity index (χ4n) is 2.71. The Morgan fingerprint density at radius 1 is 1.15 bits per heavy atom. The summed E-state index contributed by atoms with van der Waals surface area (Å²) in [4.78, 5) is 4.82. The summed E-state index contributed by atoms with van der Waals surface area (Å²) in [5.41, 5.74) is 10.9. The van der Waals surface area contributed by atoms with Gasteiger partial charge in [0.15, 0.2) is 0 Å². The SMILES string of the molecule is CCCn1c(C(C)C)nc(-c2cc(C)cc(C)c2)c1N. The van der Waals surface area contributed by atoms with E-state index in [1.807, 2.05) is 0 Å². The maximum atomic E-state index is 6.36. The molecule has 108 valence electrons. The first-order valence-corrected chi connectivity index (χ1v) is 7.38. The Bertz CT molecular complexity index is 589. The van der Waals surface area contributed by atoms with Crippen molar-refractivity contribution in [1.29, 1.82) is 0 Å². The van der Waals surface area contributed by atoms with E-state index in [0.717, 1.165) is 35.9 Å². The predicted molar refractivity (Wildman–Crippen MR) is 85.9 cm³/mol. The van der Waals surface area contributed by atoms with E-state index >= 15 is 0 Å². The van der Waals surface area contributed by atoms with Gasteiger partial charge in [0.05, 0.1) is 0 Å². The largest absolute Gasteiger partial charge is 0.383 e. The Labute approximate surface area is 121 Å². The average Bonchev–Trinajstić information content (AvgIpc) is 2.67. The molecule has 0 fully saturated rings. The molecule has 1 heterocycles. The number of aryl methyl sites for hydroxylation is 2. The lowest BCUT2D eigenvalue weighted by molar-refractivity contribution is 0.616. The number of rotatable bonds is 4. The monoisotopic (exact) mass is 271 g/mol. The number of benzene rings is 1. The highest BCUT2D eigenvalue weighted by Crippen LogP contribution is 2.30. The van der Waals surface area contributed by atoms with Gasteiger partial charge < -0.3 is 10.3 Å². The summed E-state index contributed by atoms with van der Waals surface area (Å²) in [5, 5.41) is 0. The van der Waals surface area contributed by atoms with E-state index in [2.05, 4.69) is 57.4 Å². The number of nitrogens with zero attached hydrogens (tertiary/aromatic N) is 2. The number of hydrogen-bond acceptors (Lipinski definition) is 2. The highest BCUT2D eigenvalue weighted by atomic mass is 15.1. The highest BCUT2D eigenvalue weighted by molar-refractivity contribution is 5.72. The van der Waals surface area contributed by atoms with E-state index in [0.29, 0.717) is 5.92 Å². The van der Waals surface area contributed by atoms with Gasteiger partial charge in [-0.1, -0.05) is 38.0 Å². The van der Waals surface area contributed by atoms with Gasteiger partial charge in [0.2, 0.25) is 0 Å². The fraction of sp³-hybridized carbons (Fsp3) is 0.471. The molecule has 3 nitrogen and oxygen atoms in total. The van der Waals surface area contributed by atoms with Crippen molar-refractivity contribution in [2.24, 2.45) is 0 Å². The minimum atomic E-state index is 0.378. The number of aromatic nitrogens is 2. The lowest BCUT2D eigenvalue weighted by Crippen LogP contribution is -2.08. The van der Waals surface area contributed by atoms with Crippen LogP contribution >= 0.6 is 0 Å². The average molecular weight is 271 g/mol. The van der Waals surface area contributed by atoms with Crippen LogP contribution in [0.2, 0.25) is 0 Å². The van der Waals surface area contributed by atoms with Crippen LogP contribution in [0.15, 0.2) is 18.2 Å². The highest BCUT2D eigenvalue weighted by Gasteiger charge is 2.18. The van der Waals surface area contributed by atoms with E-state index in [9.17, 15) is 0 Å². The van der Waals surface area contributed by atoms with Gasteiger partial charge in [-0.2, -0.15) is 0 Å². The molecule has 0 spiro atoms. The topological polar surface area (TPSA) is 43.8 Å². The van der Waals surface area contributed by atoms with Crippen LogP contribution in [-0.4, -0.2) is 9.55 Å². The van der Waals surface area contributed by atoms with E-state index < -0.39 is 0 Å². The van der Waals surface area contributed by atoms with Crippen molar-refractivity contribution in [3.63, 3.8) is 0 Å². The summed E-state index contributed by atoms with van der Waals surface area (Å²) < 4.78 is 2.16. The van der Waals surface area contributed by atoms with Crippen LogP contribution in [0.3, 0.4) is 0 Å². The summed E-state index contributed by atoms with van der Waals surface area (Å²) in [6, 6.07) is 6.49. The zero-order valence-corrected chi connectivity index (χ0v) is 13.2. The maximum Gasteiger partial charge on any atom is 0.131 e. The molecule has 2 aromatic rings. The lowest BCUT2D eigenvalue weighted by atomic mass is 10.1. The molecule has 1 aromatic carbocycles. The van der Waals surface area contributed by atoms with E-state index in [4.69, 9.17) is 10.7 Å². The number of anilines is 1. The van der Waals surface area contributed by atoms with E-state index in [1.165, 1.54) is 11.1 Å². The second-order valence-electron chi connectivity index (χ2n) is 5.89. The minimum absolute atomic E-state index is 0.378. The lowest BCUT2D eigenvalue weighted by Gasteiger charge is -2.10. The molecule has 0 aliphatic rings. The number of nitrogens with two attached hydrogens (primary N) is 1. The number of hydrogen-bond donors (Lipinski definition) is 1. The van der Waals surface area contributed by atoms with Crippen molar-refractivity contribution < 1.29 is 0 Å². The van der Waals surface area contributed by atoms with Gasteiger partial charge in [-0.15, -0.1) is 0 Å². The van der Waals surface area contributed by atoms with Gasteiger partial charge in [-0.25, -0.2) is 4.98 Å². The summed E-state index contributed by atoms with van der Waals surface area (Å²) in [7, 11) is 0. The zero-order valence-electron chi connectivity index (χ0n) is 13.2. The summed E-state index contributed by atoms with van der Waals surface area (Å²) in [5.74, 6) is 2.25. The fourth-order valence-corrected chi connectivity index (χ4v) is 2.71. The Balaban J connectivity index is 2.59. The third-order valence-electron chi connectivity index (χ3n) is 3.50. The molecule has 1 aromatic heterocycles. The molecule has 0 atom stereocenters. The van der Waals surface area contributed by atoms with Crippen LogP contribution in [0.4, 0.5) is 5.82 Å². The summed E-state index contributed by atoms with van der Waals surface area (Å²) in [6.45, 7) is 11.6. The van der Waals surface area contributed by atoms with E-state index in [1.54, 1.807) is 0 Å². The molecule has 2 rings (SSSR count). The first-order chi connectivity index (χ1) is 9.43. The van der Waals surface area contributed by atoms with Crippen molar-refractivity contribution in [3.05, 3.63) is 35.2 Å². The summed E-state index contributed by atoms with van der Waals surface area (Å²) >= 11 is 0. The Morgan fingerprint density at radius 2 is 1.75 bits per heavy atom. The van der Waals surface area contributed by atoms with Crippen molar-refractivity contribution >= 4 is 5.82 Å². The quantitative estimate of drug-likeness (QED) is 0.901. The van der Waals surface area contributed by atoms with Crippen LogP contribution in [0.25, 0.3) is 11.3 Å². The normalized spacial score (nSPS) is 11.3. The number of nitrogen functional groups attached to an aromatic ring is 1. The van der Waals surface area contributed by atoms with Crippen molar-refractivity contribution in [2.45, 2.75) is 53.5 Å². The third-order valence-corrected chi connectivity index (χ3v) is 3.50. The standard InChI is InChI=1S/C17H25N3/c1-6-7-20-16(18)15(19-17(20)11(2)3)14-9-12(4)8-13(5)10-14/h8-11H,6-7,18H2,1-5H3. The van der Waals surface area contributed by atoms with Crippen molar-refractivity contribution in [3.8, 4) is 11.3 Å². The molecule has 20 heavy (non-hydrogen) atoms. The Kier molecular flexibility index (Phi) is 4.17. The smallest absolute Gasteiger partial charge is 0.131 e. The van der Waals surface area contributed by atoms with Crippen molar-refractivity contribution in [1.82, 2.24) is 9.55 Å². The van der Waals surface area contributed by atoms with Gasteiger partial charge in [0.1, 0.15) is 17.3 Å². The molecule has 2 N–H and O–H groups in total. The van der Waals surface area contributed by atoms with Crippen LogP contribution < -0.4 is 5.73 Å². The molecule has 0 saturated heterocycles. The van der Waals surface area contributed by atoms with Crippen molar-refractivity contribution in [2.75, 3.05) is 5.73 Å². The molecule has 0 saturated carbocycles. The minimum Gasteiger partial charge on any atom is -0.383 e. The molecule has 0 aliphatic heterocycles. The maximum absolute atomic E-state index is 6.36. The van der Waals surface area contributed by atoms with Gasteiger partial charge in [-0.3, -0.25) is 0 Å². The molecule has 0 bridgehead atoms. The van der Waals surface area contributed by atoms with E-state index in [-0.39, 0.29) is 0 Å². The second-order valence-corrected chi connectivity index (χ2v) is 5.89. The molecule has 0 amide bonds. The predicted octanol–water partition coefficient (Wildman–Crippen LogP) is 4.28. The molecule has 0 aliphatic carbocycles. The molecule has 0 radical (unpaired) electrons. The van der Waals surface area contributed by atoms with Crippen LogP contribution in [0.1, 0.15) is 50.1 Å². The van der Waals surface area contributed by atoms with Gasteiger partial charge in [0.25, 0.3) is 0 Å². The first-order valence-electron chi connectivity index (χ1n) is 7.38. The summed E-state index contributed by atoms with van der Waals surface area (Å²) in [6.07, 6.45) is 1.06. The first kappa shape index (κ1) is 14.6. The molecular weight excluding hydrogens is 246 g/mol.